The van der Waals surface area contributed by atoms with E-state index in [0.29, 0.717) is 16.9 Å². The van der Waals surface area contributed by atoms with Gasteiger partial charge in [-0.15, -0.1) is 5.10 Å². The SMILES string of the molecule is Cc1cccc([N+](=O)[O-])c1-n1cc(CO)nn1. The van der Waals surface area contributed by atoms with Crippen LogP contribution < -0.4 is 0 Å². The van der Waals surface area contributed by atoms with Crippen molar-refractivity contribution < 1.29 is 10.0 Å². The molecule has 2 aromatic rings. The van der Waals surface area contributed by atoms with Gasteiger partial charge in [0.2, 0.25) is 0 Å². The van der Waals surface area contributed by atoms with E-state index in [1.54, 1.807) is 19.1 Å². The fourth-order valence-corrected chi connectivity index (χ4v) is 1.57. The van der Waals surface area contributed by atoms with Crippen LogP contribution in [0.4, 0.5) is 5.69 Å². The number of aliphatic hydroxyl groups is 1. The minimum absolute atomic E-state index is 0.0422. The molecule has 7 nitrogen and oxygen atoms in total. The average molecular weight is 234 g/mol. The molecule has 0 saturated carbocycles. The highest BCUT2D eigenvalue weighted by molar-refractivity contribution is 5.56. The number of para-hydroxylation sites is 1. The zero-order valence-electron chi connectivity index (χ0n) is 9.07. The summed E-state index contributed by atoms with van der Waals surface area (Å²) in [6.07, 6.45) is 1.47. The summed E-state index contributed by atoms with van der Waals surface area (Å²) < 4.78 is 1.30. The molecule has 0 aliphatic rings. The molecule has 1 heterocycles. The Bertz CT molecular complexity index is 564. The van der Waals surface area contributed by atoms with Crippen molar-refractivity contribution in [1.29, 1.82) is 0 Å². The number of aliphatic hydroxyl groups excluding tert-OH is 1. The van der Waals surface area contributed by atoms with Crippen LogP contribution in [-0.4, -0.2) is 25.0 Å². The lowest BCUT2D eigenvalue weighted by Crippen LogP contribution is -2.03. The molecular formula is C10H10N4O3. The Morgan fingerprint density at radius 1 is 1.53 bits per heavy atom. The summed E-state index contributed by atoms with van der Waals surface area (Å²) in [5.74, 6) is 0. The fourth-order valence-electron chi connectivity index (χ4n) is 1.57. The smallest absolute Gasteiger partial charge is 0.295 e. The first-order valence-electron chi connectivity index (χ1n) is 4.90. The molecule has 88 valence electrons. The van der Waals surface area contributed by atoms with E-state index in [1.807, 2.05) is 0 Å². The van der Waals surface area contributed by atoms with Gasteiger partial charge < -0.3 is 5.11 Å². The van der Waals surface area contributed by atoms with Crippen LogP contribution in [0.5, 0.6) is 0 Å². The van der Waals surface area contributed by atoms with E-state index in [9.17, 15) is 10.1 Å². The van der Waals surface area contributed by atoms with Crippen molar-refractivity contribution in [2.75, 3.05) is 0 Å². The number of aromatic nitrogens is 3. The van der Waals surface area contributed by atoms with Gasteiger partial charge in [0, 0.05) is 6.07 Å². The standard InChI is InChI=1S/C10H10N4O3/c1-7-3-2-4-9(14(16)17)10(7)13-5-8(6-15)11-12-13/h2-5,15H,6H2,1H3. The predicted molar refractivity (Wildman–Crippen MR) is 58.7 cm³/mol. The number of nitro benzene ring substituents is 1. The highest BCUT2D eigenvalue weighted by atomic mass is 16.6. The normalized spacial score (nSPS) is 10.5. The van der Waals surface area contributed by atoms with Gasteiger partial charge in [0.25, 0.3) is 5.69 Å². The monoisotopic (exact) mass is 234 g/mol. The minimum Gasteiger partial charge on any atom is -0.390 e. The quantitative estimate of drug-likeness (QED) is 0.631. The summed E-state index contributed by atoms with van der Waals surface area (Å²) in [5, 5.41) is 27.3. The van der Waals surface area contributed by atoms with Gasteiger partial charge in [0.1, 0.15) is 11.4 Å². The number of benzene rings is 1. The van der Waals surface area contributed by atoms with E-state index >= 15 is 0 Å². The maximum atomic E-state index is 10.9. The zero-order valence-corrected chi connectivity index (χ0v) is 9.07. The summed E-state index contributed by atoms with van der Waals surface area (Å²) >= 11 is 0. The molecule has 0 amide bonds. The Kier molecular flexibility index (Phi) is 2.84. The number of nitrogens with zero attached hydrogens (tertiary/aromatic N) is 4. The molecule has 7 heteroatoms. The Morgan fingerprint density at radius 3 is 2.88 bits per heavy atom. The van der Waals surface area contributed by atoms with Crippen LogP contribution in [0.2, 0.25) is 0 Å². The van der Waals surface area contributed by atoms with Gasteiger partial charge >= 0.3 is 0 Å². The summed E-state index contributed by atoms with van der Waals surface area (Å²) in [4.78, 5) is 10.4. The molecule has 2 rings (SSSR count). The Balaban J connectivity index is 2.61. The zero-order chi connectivity index (χ0) is 12.4. The Labute approximate surface area is 96.5 Å². The van der Waals surface area contributed by atoms with E-state index < -0.39 is 4.92 Å². The Morgan fingerprint density at radius 2 is 2.29 bits per heavy atom. The predicted octanol–water partition coefficient (Wildman–Crippen LogP) is 0.976. The van der Waals surface area contributed by atoms with Crippen LogP contribution in [0.25, 0.3) is 5.69 Å². The van der Waals surface area contributed by atoms with Gasteiger partial charge in [-0.05, 0) is 12.5 Å². The third kappa shape index (κ3) is 2.00. The van der Waals surface area contributed by atoms with Crippen LogP contribution >= 0.6 is 0 Å². The van der Waals surface area contributed by atoms with Crippen LogP contribution in [-0.2, 0) is 6.61 Å². The van der Waals surface area contributed by atoms with Crippen molar-refractivity contribution in [3.05, 3.63) is 45.8 Å². The lowest BCUT2D eigenvalue weighted by Gasteiger charge is -2.04. The molecule has 0 atom stereocenters. The van der Waals surface area contributed by atoms with Crippen LogP contribution in [0.15, 0.2) is 24.4 Å². The van der Waals surface area contributed by atoms with Crippen LogP contribution in [0, 0.1) is 17.0 Å². The lowest BCUT2D eigenvalue weighted by atomic mass is 10.1. The molecule has 1 aromatic carbocycles. The second-order valence-corrected chi connectivity index (χ2v) is 3.51. The number of rotatable bonds is 3. The molecule has 0 aliphatic carbocycles. The lowest BCUT2D eigenvalue weighted by molar-refractivity contribution is -0.384. The number of hydrogen-bond acceptors (Lipinski definition) is 5. The van der Waals surface area contributed by atoms with Crippen molar-refractivity contribution in [2.45, 2.75) is 13.5 Å². The third-order valence-electron chi connectivity index (χ3n) is 2.35. The molecule has 0 saturated heterocycles. The number of hydrogen-bond donors (Lipinski definition) is 1. The van der Waals surface area contributed by atoms with Gasteiger partial charge in [-0.25, -0.2) is 4.68 Å². The highest BCUT2D eigenvalue weighted by Crippen LogP contribution is 2.25. The second-order valence-electron chi connectivity index (χ2n) is 3.51. The van der Waals surface area contributed by atoms with Gasteiger partial charge in [0.15, 0.2) is 0 Å². The van der Waals surface area contributed by atoms with Crippen molar-refractivity contribution in [3.8, 4) is 5.69 Å². The minimum atomic E-state index is -0.470. The molecule has 1 N–H and O–H groups in total. The summed E-state index contributed by atoms with van der Waals surface area (Å²) in [5.41, 5.74) is 1.40. The molecule has 0 unspecified atom stereocenters. The summed E-state index contributed by atoms with van der Waals surface area (Å²) in [6.45, 7) is 1.50. The van der Waals surface area contributed by atoms with E-state index in [1.165, 1.54) is 16.9 Å². The average Bonchev–Trinajstić information content (AvgIpc) is 2.76. The molecule has 0 bridgehead atoms. The van der Waals surface area contributed by atoms with Crippen molar-refractivity contribution in [1.82, 2.24) is 15.0 Å². The first-order valence-corrected chi connectivity index (χ1v) is 4.90. The molecule has 0 radical (unpaired) electrons. The van der Waals surface area contributed by atoms with Crippen molar-refractivity contribution in [2.24, 2.45) is 0 Å². The molecule has 1 aromatic heterocycles. The van der Waals surface area contributed by atoms with E-state index in [0.717, 1.165) is 0 Å². The molecule has 0 fully saturated rings. The van der Waals surface area contributed by atoms with E-state index in [4.69, 9.17) is 5.11 Å². The topological polar surface area (TPSA) is 94.1 Å². The molecule has 17 heavy (non-hydrogen) atoms. The molecule has 0 spiro atoms. The van der Waals surface area contributed by atoms with E-state index in [-0.39, 0.29) is 12.3 Å². The van der Waals surface area contributed by atoms with Crippen molar-refractivity contribution >= 4 is 5.69 Å². The largest absolute Gasteiger partial charge is 0.390 e. The maximum absolute atomic E-state index is 10.9. The number of aryl methyl sites for hydroxylation is 1. The first kappa shape index (κ1) is 11.2. The summed E-state index contributed by atoms with van der Waals surface area (Å²) in [6, 6.07) is 4.77. The number of nitro groups is 1. The van der Waals surface area contributed by atoms with Gasteiger partial charge in [-0.2, -0.15) is 0 Å². The van der Waals surface area contributed by atoms with Gasteiger partial charge in [0.05, 0.1) is 17.7 Å². The molecular weight excluding hydrogens is 224 g/mol. The second kappa shape index (κ2) is 4.30. The van der Waals surface area contributed by atoms with Gasteiger partial charge in [-0.1, -0.05) is 17.3 Å². The van der Waals surface area contributed by atoms with Gasteiger partial charge in [-0.3, -0.25) is 10.1 Å². The van der Waals surface area contributed by atoms with Crippen LogP contribution in [0.1, 0.15) is 11.3 Å². The van der Waals surface area contributed by atoms with E-state index in [2.05, 4.69) is 10.3 Å². The maximum Gasteiger partial charge on any atom is 0.295 e. The fraction of sp³-hybridized carbons (Fsp3) is 0.200. The highest BCUT2D eigenvalue weighted by Gasteiger charge is 2.18. The first-order chi connectivity index (χ1) is 8.13. The van der Waals surface area contributed by atoms with Crippen molar-refractivity contribution in [3.63, 3.8) is 0 Å². The summed E-state index contributed by atoms with van der Waals surface area (Å²) in [7, 11) is 0. The third-order valence-corrected chi connectivity index (χ3v) is 2.35. The molecule has 0 aliphatic heterocycles. The van der Waals surface area contributed by atoms with Crippen LogP contribution in [0.3, 0.4) is 0 Å². The Hall–Kier alpha value is -2.28.